The zero-order valence-corrected chi connectivity index (χ0v) is 7.60. The van der Waals surface area contributed by atoms with Gasteiger partial charge in [-0.1, -0.05) is 5.10 Å². The van der Waals surface area contributed by atoms with Gasteiger partial charge in [0.25, 0.3) is 0 Å². The van der Waals surface area contributed by atoms with Gasteiger partial charge >= 0.3 is 11.5 Å². The molecule has 1 aromatic rings. The van der Waals surface area contributed by atoms with Crippen molar-refractivity contribution in [2.75, 3.05) is 13.2 Å². The van der Waals surface area contributed by atoms with Gasteiger partial charge in [0.05, 0.1) is 6.61 Å². The second kappa shape index (κ2) is 4.61. The van der Waals surface area contributed by atoms with Crippen molar-refractivity contribution in [2.45, 2.75) is 12.6 Å². The molecule has 0 saturated heterocycles. The number of halogens is 4. The van der Waals surface area contributed by atoms with Crippen molar-refractivity contribution < 1.29 is 22.3 Å². The Morgan fingerprint density at radius 3 is 2.57 bits per heavy atom. The predicted molar refractivity (Wildman–Crippen MR) is 39.9 cm³/mol. The van der Waals surface area contributed by atoms with E-state index in [2.05, 4.69) is 14.9 Å². The number of ether oxygens (including phenoxy) is 1. The van der Waals surface area contributed by atoms with Crippen LogP contribution in [0.25, 0.3) is 0 Å². The third-order valence-corrected chi connectivity index (χ3v) is 1.32. The van der Waals surface area contributed by atoms with Crippen LogP contribution in [0.3, 0.4) is 0 Å². The molecule has 1 heterocycles. The van der Waals surface area contributed by atoms with E-state index in [0.717, 1.165) is 0 Å². The highest BCUT2D eigenvalue weighted by molar-refractivity contribution is 6.27. The van der Waals surface area contributed by atoms with Crippen molar-refractivity contribution >= 4 is 11.6 Å². The molecule has 0 aromatic carbocycles. The number of hydrogen-bond donors (Lipinski definition) is 0. The summed E-state index contributed by atoms with van der Waals surface area (Å²) in [4.78, 5) is 0. The van der Waals surface area contributed by atoms with Gasteiger partial charge in [-0.05, 0) is 11.6 Å². The molecule has 80 valence electrons. The number of hydrogen-bond acceptors (Lipinski definition) is 4. The van der Waals surface area contributed by atoms with E-state index in [1.165, 1.54) is 0 Å². The summed E-state index contributed by atoms with van der Waals surface area (Å²) < 4.78 is 43.8. The van der Waals surface area contributed by atoms with Gasteiger partial charge in [-0.15, -0.1) is 5.10 Å². The Bertz CT molecular complexity index is 289. The van der Waals surface area contributed by atoms with Crippen molar-refractivity contribution in [3.8, 4) is 0 Å². The molecule has 0 bridgehead atoms. The fraction of sp³-hybridized carbons (Fsp3) is 0.667. The lowest BCUT2D eigenvalue weighted by Gasteiger charge is -2.05. The molecule has 0 aliphatic heterocycles. The van der Waals surface area contributed by atoms with Gasteiger partial charge in [0.2, 0.25) is 5.89 Å². The molecule has 8 heteroatoms. The molecule has 0 spiro atoms. The second-order valence-electron chi connectivity index (χ2n) is 2.37. The van der Waals surface area contributed by atoms with E-state index in [0.29, 0.717) is 0 Å². The number of alkyl halides is 3. The Morgan fingerprint density at radius 1 is 1.36 bits per heavy atom. The highest BCUT2D eigenvalue weighted by Gasteiger charge is 2.27. The number of rotatable bonds is 4. The van der Waals surface area contributed by atoms with Crippen molar-refractivity contribution in [1.29, 1.82) is 0 Å². The monoisotopic (exact) mass is 230 g/mol. The van der Waals surface area contributed by atoms with Crippen molar-refractivity contribution in [3.05, 3.63) is 11.2 Å². The molecule has 14 heavy (non-hydrogen) atoms. The molecule has 0 saturated carbocycles. The van der Waals surface area contributed by atoms with E-state index < -0.39 is 12.8 Å². The number of aromatic nitrogens is 2. The normalized spacial score (nSPS) is 12.0. The van der Waals surface area contributed by atoms with Crippen LogP contribution >= 0.6 is 11.6 Å². The first-order valence-corrected chi connectivity index (χ1v) is 3.97. The maximum Gasteiger partial charge on any atom is 0.411 e. The number of nitrogens with zero attached hydrogens (tertiary/aromatic N) is 2. The van der Waals surface area contributed by atoms with E-state index in [-0.39, 0.29) is 24.3 Å². The van der Waals surface area contributed by atoms with Gasteiger partial charge in [0, 0.05) is 6.42 Å². The smallest absolute Gasteiger partial charge is 0.411 e. The first-order chi connectivity index (χ1) is 6.47. The van der Waals surface area contributed by atoms with E-state index >= 15 is 0 Å². The molecule has 0 aliphatic carbocycles. The van der Waals surface area contributed by atoms with Gasteiger partial charge < -0.3 is 9.15 Å². The van der Waals surface area contributed by atoms with E-state index in [9.17, 15) is 13.2 Å². The third-order valence-electron chi connectivity index (χ3n) is 1.17. The minimum absolute atomic E-state index is 0.107. The average Bonchev–Trinajstić information content (AvgIpc) is 2.44. The minimum Gasteiger partial charge on any atom is -0.412 e. The standard InChI is InChI=1S/C6H6ClF3N2O2/c7-5-12-11-4(14-5)1-2-13-3-6(8,9)10/h1-3H2. The fourth-order valence-corrected chi connectivity index (χ4v) is 0.808. The molecule has 0 N–H and O–H groups in total. The zero-order chi connectivity index (χ0) is 10.6. The molecule has 0 unspecified atom stereocenters. The largest absolute Gasteiger partial charge is 0.412 e. The topological polar surface area (TPSA) is 48.2 Å². The van der Waals surface area contributed by atoms with Crippen LogP contribution in [0.1, 0.15) is 5.89 Å². The van der Waals surface area contributed by atoms with Crippen LogP contribution in [0.15, 0.2) is 4.42 Å². The average molecular weight is 231 g/mol. The van der Waals surface area contributed by atoms with Gasteiger partial charge in [-0.2, -0.15) is 13.2 Å². The third kappa shape index (κ3) is 4.43. The van der Waals surface area contributed by atoms with Crippen molar-refractivity contribution in [3.63, 3.8) is 0 Å². The van der Waals surface area contributed by atoms with Crippen LogP contribution in [0.4, 0.5) is 13.2 Å². The molecule has 0 fully saturated rings. The Hall–Kier alpha value is -0.820. The summed E-state index contributed by atoms with van der Waals surface area (Å²) in [6.07, 6.45) is -4.21. The maximum absolute atomic E-state index is 11.6. The van der Waals surface area contributed by atoms with Gasteiger partial charge in [-0.25, -0.2) is 0 Å². The zero-order valence-electron chi connectivity index (χ0n) is 6.84. The molecular weight excluding hydrogens is 225 g/mol. The van der Waals surface area contributed by atoms with Crippen LogP contribution in [0.5, 0.6) is 0 Å². The molecule has 1 aromatic heterocycles. The van der Waals surface area contributed by atoms with Crippen LogP contribution in [-0.4, -0.2) is 29.6 Å². The van der Waals surface area contributed by atoms with E-state index in [4.69, 9.17) is 16.0 Å². The summed E-state index contributed by atoms with van der Waals surface area (Å²) in [7, 11) is 0. The lowest BCUT2D eigenvalue weighted by molar-refractivity contribution is -0.173. The minimum atomic E-state index is -4.31. The quantitative estimate of drug-likeness (QED) is 0.741. The Morgan fingerprint density at radius 2 is 2.07 bits per heavy atom. The Kier molecular flexibility index (Phi) is 3.70. The molecule has 1 rings (SSSR count). The molecular formula is C6H6ClF3N2O2. The van der Waals surface area contributed by atoms with E-state index in [1.807, 2.05) is 0 Å². The maximum atomic E-state index is 11.6. The van der Waals surface area contributed by atoms with Crippen LogP contribution in [-0.2, 0) is 11.2 Å². The van der Waals surface area contributed by atoms with Crippen LogP contribution in [0, 0.1) is 0 Å². The summed E-state index contributed by atoms with van der Waals surface area (Å²) in [6, 6.07) is 0. The highest BCUT2D eigenvalue weighted by atomic mass is 35.5. The van der Waals surface area contributed by atoms with Gasteiger partial charge in [0.1, 0.15) is 6.61 Å². The summed E-state index contributed by atoms with van der Waals surface area (Å²) in [5, 5.41) is 6.61. The predicted octanol–water partition coefficient (Wildman–Crippen LogP) is 1.84. The molecule has 0 atom stereocenters. The summed E-state index contributed by atoms with van der Waals surface area (Å²) in [5.74, 6) is 0.150. The first-order valence-electron chi connectivity index (χ1n) is 3.60. The Balaban J connectivity index is 2.16. The van der Waals surface area contributed by atoms with Crippen LogP contribution in [0.2, 0.25) is 5.35 Å². The first kappa shape index (κ1) is 11.3. The van der Waals surface area contributed by atoms with Gasteiger partial charge in [-0.3, -0.25) is 0 Å². The SMILES string of the molecule is FC(F)(F)COCCc1nnc(Cl)o1. The van der Waals surface area contributed by atoms with Gasteiger partial charge in [0.15, 0.2) is 0 Å². The lowest BCUT2D eigenvalue weighted by Crippen LogP contribution is -2.17. The van der Waals surface area contributed by atoms with Crippen molar-refractivity contribution in [1.82, 2.24) is 10.2 Å². The summed E-state index contributed by atoms with van der Waals surface area (Å²) in [6.45, 7) is -1.42. The molecule has 4 nitrogen and oxygen atoms in total. The molecule has 0 aliphatic rings. The molecule has 0 amide bonds. The van der Waals surface area contributed by atoms with Crippen LogP contribution < -0.4 is 0 Å². The van der Waals surface area contributed by atoms with Crippen molar-refractivity contribution in [2.24, 2.45) is 0 Å². The Labute approximate surface area is 82.0 Å². The second-order valence-corrected chi connectivity index (χ2v) is 2.69. The molecule has 0 radical (unpaired) electrons. The fourth-order valence-electron chi connectivity index (χ4n) is 0.682. The summed E-state index contributed by atoms with van der Waals surface area (Å²) >= 11 is 5.28. The summed E-state index contributed by atoms with van der Waals surface area (Å²) in [5.41, 5.74) is 0. The lowest BCUT2D eigenvalue weighted by atomic mass is 10.4. The van der Waals surface area contributed by atoms with E-state index in [1.54, 1.807) is 0 Å². The highest BCUT2D eigenvalue weighted by Crippen LogP contribution is 2.14.